The van der Waals surface area contributed by atoms with Crippen LogP contribution < -0.4 is 14.9 Å². The maximum Gasteiger partial charge on any atom is 0.416 e. The smallest absolute Gasteiger partial charge is 0.352 e. The Balaban J connectivity index is 1.15. The van der Waals surface area contributed by atoms with Gasteiger partial charge in [-0.25, -0.2) is 9.97 Å². The van der Waals surface area contributed by atoms with Crippen LogP contribution in [0.2, 0.25) is 0 Å². The Morgan fingerprint density at radius 1 is 1.05 bits per heavy atom. The number of thiocarbonyl (C=S) groups is 1. The van der Waals surface area contributed by atoms with E-state index in [-0.39, 0.29) is 5.52 Å². The summed E-state index contributed by atoms with van der Waals surface area (Å²) in [6.07, 6.45) is -2.24. The van der Waals surface area contributed by atoms with Gasteiger partial charge in [0.25, 0.3) is 0 Å². The van der Waals surface area contributed by atoms with Gasteiger partial charge in [-0.15, -0.1) is 10.2 Å². The van der Waals surface area contributed by atoms with Crippen LogP contribution in [-0.4, -0.2) is 56.4 Å². The zero-order chi connectivity index (χ0) is 26.7. The van der Waals surface area contributed by atoms with Crippen LogP contribution in [0.4, 0.5) is 29.8 Å². The molecule has 0 spiro atoms. The Bertz CT molecular complexity index is 1420. The molecule has 14 heteroatoms. The van der Waals surface area contributed by atoms with Crippen molar-refractivity contribution in [3.05, 3.63) is 59.4 Å². The van der Waals surface area contributed by atoms with E-state index in [1.165, 1.54) is 35.7 Å². The highest BCUT2D eigenvalue weighted by Crippen LogP contribution is 2.33. The van der Waals surface area contributed by atoms with Crippen molar-refractivity contribution in [1.29, 1.82) is 0 Å². The Morgan fingerprint density at radius 3 is 2.50 bits per heavy atom. The third-order valence-electron chi connectivity index (χ3n) is 5.94. The Morgan fingerprint density at radius 2 is 1.82 bits per heavy atom. The van der Waals surface area contributed by atoms with Gasteiger partial charge in [0.05, 0.1) is 11.1 Å². The van der Waals surface area contributed by atoms with Crippen LogP contribution >= 0.6 is 35.5 Å². The molecule has 2 aromatic carbocycles. The summed E-state index contributed by atoms with van der Waals surface area (Å²) in [7, 11) is 0. The number of benzene rings is 2. The van der Waals surface area contributed by atoms with Crippen LogP contribution in [0.25, 0.3) is 10.9 Å². The number of piperazine rings is 1. The standard InChI is InChI=1S/C24H23F3N8S3/c1-2-20-31-32-22(37-20)33-38-17-6-4-16(5-7-17)30-23(36)35-11-9-34(10-12-35)21-18-8-3-15(24(25,26)27)13-19(18)28-14-29-21/h3-8,13-14H,2,9-12H2,1H3,(H,30,36)(H,32,33). The molecule has 1 fully saturated rings. The van der Waals surface area contributed by atoms with Gasteiger partial charge in [-0.3, -0.25) is 0 Å². The third kappa shape index (κ3) is 6.08. The van der Waals surface area contributed by atoms with E-state index >= 15 is 0 Å². The van der Waals surface area contributed by atoms with E-state index in [0.29, 0.717) is 42.5 Å². The molecule has 0 bridgehead atoms. The summed E-state index contributed by atoms with van der Waals surface area (Å²) in [5.74, 6) is 0.628. The second kappa shape index (κ2) is 11.3. The number of nitrogens with one attached hydrogen (secondary N) is 2. The monoisotopic (exact) mass is 576 g/mol. The summed E-state index contributed by atoms with van der Waals surface area (Å²) in [5.41, 5.74) is 0.435. The molecule has 5 rings (SSSR count). The summed E-state index contributed by atoms with van der Waals surface area (Å²) in [6.45, 7) is 4.60. The fourth-order valence-electron chi connectivity index (χ4n) is 3.94. The molecule has 1 aliphatic rings. The van der Waals surface area contributed by atoms with Crippen molar-refractivity contribution in [1.82, 2.24) is 25.1 Å². The first kappa shape index (κ1) is 26.4. The number of aryl methyl sites for hydroxylation is 1. The molecule has 0 unspecified atom stereocenters. The summed E-state index contributed by atoms with van der Waals surface area (Å²) in [5, 5.41) is 14.5. The average molecular weight is 577 g/mol. The molecule has 0 radical (unpaired) electrons. The van der Waals surface area contributed by atoms with E-state index in [2.05, 4.69) is 40.0 Å². The zero-order valence-corrected chi connectivity index (χ0v) is 22.6. The molecule has 8 nitrogen and oxygen atoms in total. The Kier molecular flexibility index (Phi) is 7.81. The number of anilines is 3. The van der Waals surface area contributed by atoms with Gasteiger partial charge in [-0.05, 0) is 73.1 Å². The van der Waals surface area contributed by atoms with Crippen molar-refractivity contribution in [2.45, 2.75) is 24.4 Å². The molecule has 1 aliphatic heterocycles. The molecule has 4 aromatic rings. The van der Waals surface area contributed by atoms with Gasteiger partial charge in [0.15, 0.2) is 5.11 Å². The molecule has 198 valence electrons. The minimum Gasteiger partial charge on any atom is -0.352 e. The molecule has 0 saturated carbocycles. The number of nitrogens with zero attached hydrogens (tertiary/aromatic N) is 6. The van der Waals surface area contributed by atoms with Gasteiger partial charge in [0.2, 0.25) is 5.13 Å². The lowest BCUT2D eigenvalue weighted by molar-refractivity contribution is -0.137. The molecule has 3 heterocycles. The van der Waals surface area contributed by atoms with E-state index in [4.69, 9.17) is 12.2 Å². The highest BCUT2D eigenvalue weighted by Gasteiger charge is 2.31. The maximum absolute atomic E-state index is 13.1. The number of hydrogen-bond donors (Lipinski definition) is 2. The molecule has 0 aliphatic carbocycles. The van der Waals surface area contributed by atoms with Crippen LogP contribution in [0.3, 0.4) is 0 Å². The molecule has 2 aromatic heterocycles. The number of fused-ring (bicyclic) bond motifs is 1. The lowest BCUT2D eigenvalue weighted by Crippen LogP contribution is -2.50. The van der Waals surface area contributed by atoms with Crippen LogP contribution in [0.5, 0.6) is 0 Å². The molecular weight excluding hydrogens is 554 g/mol. The first-order valence-corrected chi connectivity index (χ1v) is 13.8. The van der Waals surface area contributed by atoms with Crippen LogP contribution in [0.1, 0.15) is 17.5 Å². The fourth-order valence-corrected chi connectivity index (χ4v) is 5.58. The maximum atomic E-state index is 13.1. The second-order valence-corrected chi connectivity index (χ2v) is 10.7. The van der Waals surface area contributed by atoms with Crippen molar-refractivity contribution < 1.29 is 13.2 Å². The number of hydrogen-bond acceptors (Lipinski definition) is 9. The number of alkyl halides is 3. The molecule has 2 N–H and O–H groups in total. The summed E-state index contributed by atoms with van der Waals surface area (Å²) in [4.78, 5) is 13.6. The van der Waals surface area contributed by atoms with Gasteiger partial charge >= 0.3 is 6.18 Å². The van der Waals surface area contributed by atoms with E-state index in [1.54, 1.807) is 0 Å². The lowest BCUT2D eigenvalue weighted by Gasteiger charge is -2.37. The fraction of sp³-hybridized carbons (Fsp3) is 0.292. The van der Waals surface area contributed by atoms with Gasteiger partial charge in [-0.1, -0.05) is 18.3 Å². The van der Waals surface area contributed by atoms with Crippen molar-refractivity contribution in [2.24, 2.45) is 0 Å². The van der Waals surface area contributed by atoms with Gasteiger partial charge in [-0.2, -0.15) is 13.2 Å². The Labute approximate surface area is 230 Å². The first-order chi connectivity index (χ1) is 18.3. The SMILES string of the molecule is CCc1nnc(NSc2ccc(NC(=S)N3CCN(c4ncnc5cc(C(F)(F)F)ccc45)CC3)cc2)s1. The minimum atomic E-state index is -4.41. The van der Waals surface area contributed by atoms with Gasteiger partial charge in [0.1, 0.15) is 17.2 Å². The highest BCUT2D eigenvalue weighted by molar-refractivity contribution is 8.00. The highest BCUT2D eigenvalue weighted by atomic mass is 32.2. The third-order valence-corrected chi connectivity index (χ3v) is 8.22. The van der Waals surface area contributed by atoms with Crippen molar-refractivity contribution in [2.75, 3.05) is 41.1 Å². The van der Waals surface area contributed by atoms with Gasteiger partial charge < -0.3 is 19.8 Å². The Hall–Kier alpha value is -3.23. The van der Waals surface area contributed by atoms with Crippen LogP contribution in [0, 0.1) is 0 Å². The van der Waals surface area contributed by atoms with Crippen molar-refractivity contribution in [3.8, 4) is 0 Å². The topological polar surface area (TPSA) is 82.1 Å². The number of aromatic nitrogens is 4. The normalized spacial score (nSPS) is 14.1. The summed E-state index contributed by atoms with van der Waals surface area (Å²) >= 11 is 8.64. The zero-order valence-electron chi connectivity index (χ0n) is 20.2. The van der Waals surface area contributed by atoms with E-state index in [0.717, 1.165) is 39.3 Å². The molecule has 38 heavy (non-hydrogen) atoms. The van der Waals surface area contributed by atoms with E-state index < -0.39 is 11.7 Å². The number of halogens is 3. The average Bonchev–Trinajstić information content (AvgIpc) is 3.40. The predicted molar refractivity (Wildman–Crippen MR) is 150 cm³/mol. The second-order valence-electron chi connectivity index (χ2n) is 8.41. The largest absolute Gasteiger partial charge is 0.416 e. The van der Waals surface area contributed by atoms with Crippen molar-refractivity contribution in [3.63, 3.8) is 0 Å². The molecular formula is C24H23F3N8S3. The molecule has 1 saturated heterocycles. The van der Waals surface area contributed by atoms with Crippen LogP contribution in [0.15, 0.2) is 53.7 Å². The summed E-state index contributed by atoms with van der Waals surface area (Å²) in [6, 6.07) is 11.5. The van der Waals surface area contributed by atoms with E-state index in [9.17, 15) is 13.2 Å². The predicted octanol–water partition coefficient (Wildman–Crippen LogP) is 5.70. The first-order valence-electron chi connectivity index (χ1n) is 11.8. The van der Waals surface area contributed by atoms with Gasteiger partial charge in [0, 0.05) is 42.1 Å². The van der Waals surface area contributed by atoms with Crippen molar-refractivity contribution >= 4 is 68.2 Å². The lowest BCUT2D eigenvalue weighted by atomic mass is 10.1. The molecule has 0 amide bonds. The van der Waals surface area contributed by atoms with E-state index in [1.807, 2.05) is 31.2 Å². The number of rotatable bonds is 6. The quantitative estimate of drug-likeness (QED) is 0.220. The summed E-state index contributed by atoms with van der Waals surface area (Å²) < 4.78 is 42.5. The van der Waals surface area contributed by atoms with Crippen LogP contribution in [-0.2, 0) is 12.6 Å². The molecule has 0 atom stereocenters. The minimum absolute atomic E-state index is 0.273.